The number of rotatable bonds is 8. The lowest BCUT2D eigenvalue weighted by atomic mass is 9.71. The number of piperidine rings is 2. The van der Waals surface area contributed by atoms with Gasteiger partial charge in [0.05, 0.1) is 10.8 Å². The fourth-order valence-corrected chi connectivity index (χ4v) is 7.51. The van der Waals surface area contributed by atoms with Gasteiger partial charge in [0.25, 0.3) is 0 Å². The average molecular weight is 568 g/mol. The van der Waals surface area contributed by atoms with Gasteiger partial charge in [-0.05, 0) is 86.4 Å². The van der Waals surface area contributed by atoms with Gasteiger partial charge in [-0.15, -0.1) is 0 Å². The Morgan fingerprint density at radius 1 is 0.810 bits per heavy atom. The minimum atomic E-state index is -0.548. The quantitative estimate of drug-likeness (QED) is 0.346. The third-order valence-electron chi connectivity index (χ3n) is 10.0. The number of carbonyl (C=O) groups is 2. The molecule has 2 heterocycles. The van der Waals surface area contributed by atoms with Gasteiger partial charge in [-0.2, -0.15) is 0 Å². The highest BCUT2D eigenvalue weighted by Gasteiger charge is 2.62. The summed E-state index contributed by atoms with van der Waals surface area (Å²) in [4.78, 5) is 34.6. The molecule has 2 aliphatic heterocycles. The summed E-state index contributed by atoms with van der Waals surface area (Å²) in [5, 5.41) is 0. The molecule has 3 aromatic rings. The van der Waals surface area contributed by atoms with Crippen LogP contribution in [0.2, 0.25) is 0 Å². The first-order chi connectivity index (χ1) is 20.4. The molecule has 0 bridgehead atoms. The van der Waals surface area contributed by atoms with Crippen LogP contribution in [0.1, 0.15) is 55.2 Å². The van der Waals surface area contributed by atoms with Crippen LogP contribution >= 0.6 is 0 Å². The van der Waals surface area contributed by atoms with Gasteiger partial charge in [-0.1, -0.05) is 72.8 Å². The molecule has 1 aliphatic carbocycles. The standard InChI is InChI=1S/C36H42FN3O2/c1-38(26-28-15-17-32(37)18-16-28)34(42)36(30-13-7-3-8-14-30)25-31(36)27-39-23-19-35(20-24-39,29-11-5-2-6-12-29)33(41)40-21-9-4-10-22-40/h2-3,5-8,11-18,31H,4,9-10,19-27H2,1H3/t31-,36+/m0/s1. The highest BCUT2D eigenvalue weighted by molar-refractivity contribution is 5.92. The molecule has 5 nitrogen and oxygen atoms in total. The van der Waals surface area contributed by atoms with Gasteiger partial charge < -0.3 is 14.7 Å². The number of likely N-dealkylation sites (tertiary alicyclic amines) is 2. The summed E-state index contributed by atoms with van der Waals surface area (Å²) < 4.78 is 13.5. The van der Waals surface area contributed by atoms with E-state index >= 15 is 0 Å². The molecule has 3 aliphatic rings. The number of likely N-dealkylation sites (N-methyl/N-ethyl adjacent to an activating group) is 1. The second-order valence-corrected chi connectivity index (χ2v) is 12.6. The molecule has 2 amide bonds. The summed E-state index contributed by atoms with van der Waals surface area (Å²) in [6, 6.07) is 27.0. The van der Waals surface area contributed by atoms with Gasteiger partial charge in [0.2, 0.25) is 11.8 Å². The molecule has 3 fully saturated rings. The number of halogens is 1. The van der Waals surface area contributed by atoms with Gasteiger partial charge in [0.1, 0.15) is 5.82 Å². The molecule has 0 N–H and O–H groups in total. The number of benzene rings is 3. The van der Waals surface area contributed by atoms with Gasteiger partial charge in [-0.25, -0.2) is 4.39 Å². The van der Waals surface area contributed by atoms with Crippen LogP contribution < -0.4 is 0 Å². The normalized spacial score (nSPS) is 23.8. The smallest absolute Gasteiger partial charge is 0.233 e. The van der Waals surface area contributed by atoms with Crippen molar-refractivity contribution in [2.75, 3.05) is 39.8 Å². The van der Waals surface area contributed by atoms with Gasteiger partial charge in [0, 0.05) is 33.2 Å². The third kappa shape index (κ3) is 5.49. The Hall–Kier alpha value is -3.51. The molecular formula is C36H42FN3O2. The molecule has 2 atom stereocenters. The summed E-state index contributed by atoms with van der Waals surface area (Å²) in [6.45, 7) is 4.71. The van der Waals surface area contributed by atoms with Crippen LogP contribution in [-0.2, 0) is 27.0 Å². The Morgan fingerprint density at radius 3 is 2.02 bits per heavy atom. The van der Waals surface area contributed by atoms with E-state index in [1.165, 1.54) is 18.6 Å². The molecule has 6 rings (SSSR count). The molecule has 3 aromatic carbocycles. The Balaban J connectivity index is 1.17. The van der Waals surface area contributed by atoms with Crippen molar-refractivity contribution in [3.05, 3.63) is 107 Å². The van der Waals surface area contributed by atoms with E-state index in [1.807, 2.05) is 31.3 Å². The van der Waals surface area contributed by atoms with E-state index in [1.54, 1.807) is 17.0 Å². The number of carbonyl (C=O) groups excluding carboxylic acids is 2. The van der Waals surface area contributed by atoms with Crippen LogP contribution in [0, 0.1) is 11.7 Å². The van der Waals surface area contributed by atoms with Crippen molar-refractivity contribution >= 4 is 11.8 Å². The topological polar surface area (TPSA) is 43.9 Å². The molecule has 1 saturated carbocycles. The molecular weight excluding hydrogens is 525 g/mol. The van der Waals surface area contributed by atoms with E-state index in [0.717, 1.165) is 81.5 Å². The summed E-state index contributed by atoms with van der Waals surface area (Å²) in [7, 11) is 1.85. The van der Waals surface area contributed by atoms with Gasteiger partial charge >= 0.3 is 0 Å². The van der Waals surface area contributed by atoms with Crippen LogP contribution in [0.5, 0.6) is 0 Å². The Kier molecular flexibility index (Phi) is 8.17. The SMILES string of the molecule is CN(Cc1ccc(F)cc1)C(=O)[C@@]1(c2ccccc2)C[C@H]1CN1CCC(C(=O)N2CCCCC2)(c2ccccc2)CC1. The summed E-state index contributed by atoms with van der Waals surface area (Å²) in [5.74, 6) is 0.367. The lowest BCUT2D eigenvalue weighted by Crippen LogP contribution is -2.54. The third-order valence-corrected chi connectivity index (χ3v) is 10.0. The minimum absolute atomic E-state index is 0.124. The maximum atomic E-state index is 14.1. The molecule has 42 heavy (non-hydrogen) atoms. The monoisotopic (exact) mass is 567 g/mol. The van der Waals surface area contributed by atoms with Crippen LogP contribution in [0.25, 0.3) is 0 Å². The molecule has 0 aromatic heterocycles. The molecule has 6 heteroatoms. The van der Waals surface area contributed by atoms with Crippen molar-refractivity contribution in [2.45, 2.75) is 55.9 Å². The fourth-order valence-electron chi connectivity index (χ4n) is 7.51. The van der Waals surface area contributed by atoms with Gasteiger partial charge in [0.15, 0.2) is 0 Å². The van der Waals surface area contributed by atoms with E-state index in [-0.39, 0.29) is 17.6 Å². The molecule has 0 radical (unpaired) electrons. The zero-order valence-corrected chi connectivity index (χ0v) is 24.7. The van der Waals surface area contributed by atoms with Crippen LogP contribution in [0.15, 0.2) is 84.9 Å². The van der Waals surface area contributed by atoms with Crippen molar-refractivity contribution in [2.24, 2.45) is 5.92 Å². The van der Waals surface area contributed by atoms with Crippen molar-refractivity contribution in [1.29, 1.82) is 0 Å². The first kappa shape index (κ1) is 28.6. The van der Waals surface area contributed by atoms with Crippen LogP contribution in [0.3, 0.4) is 0 Å². The van der Waals surface area contributed by atoms with Gasteiger partial charge in [-0.3, -0.25) is 9.59 Å². The molecule has 2 saturated heterocycles. The Labute approximate surface area is 249 Å². The van der Waals surface area contributed by atoms with Crippen molar-refractivity contribution in [3.63, 3.8) is 0 Å². The predicted octanol–water partition coefficient (Wildman–Crippen LogP) is 5.79. The molecule has 220 valence electrons. The van der Waals surface area contributed by atoms with E-state index in [9.17, 15) is 14.0 Å². The van der Waals surface area contributed by atoms with Crippen LogP contribution in [0.4, 0.5) is 4.39 Å². The zero-order valence-electron chi connectivity index (χ0n) is 24.7. The lowest BCUT2D eigenvalue weighted by Gasteiger charge is -2.44. The van der Waals surface area contributed by atoms with E-state index in [2.05, 4.69) is 46.2 Å². The largest absolute Gasteiger partial charge is 0.342 e. The Morgan fingerprint density at radius 2 is 1.40 bits per heavy atom. The molecule has 0 unspecified atom stereocenters. The van der Waals surface area contributed by atoms with E-state index in [4.69, 9.17) is 0 Å². The van der Waals surface area contributed by atoms with Crippen molar-refractivity contribution < 1.29 is 14.0 Å². The second kappa shape index (κ2) is 12.0. The predicted molar refractivity (Wildman–Crippen MR) is 163 cm³/mol. The van der Waals surface area contributed by atoms with E-state index < -0.39 is 10.8 Å². The first-order valence-corrected chi connectivity index (χ1v) is 15.6. The second-order valence-electron chi connectivity index (χ2n) is 12.6. The van der Waals surface area contributed by atoms with Crippen molar-refractivity contribution in [1.82, 2.24) is 14.7 Å². The van der Waals surface area contributed by atoms with Crippen molar-refractivity contribution in [3.8, 4) is 0 Å². The zero-order chi connectivity index (χ0) is 29.2. The summed E-state index contributed by atoms with van der Waals surface area (Å²) in [6.07, 6.45) is 5.81. The first-order valence-electron chi connectivity index (χ1n) is 15.6. The highest BCUT2D eigenvalue weighted by atomic mass is 19.1. The summed E-state index contributed by atoms with van der Waals surface area (Å²) in [5.41, 5.74) is 2.11. The fraction of sp³-hybridized carbons (Fsp3) is 0.444. The highest BCUT2D eigenvalue weighted by Crippen LogP contribution is 2.56. The van der Waals surface area contributed by atoms with Crippen LogP contribution in [-0.4, -0.2) is 66.3 Å². The number of hydrogen-bond donors (Lipinski definition) is 0. The average Bonchev–Trinajstić information content (AvgIpc) is 3.77. The Bertz CT molecular complexity index is 1370. The number of hydrogen-bond acceptors (Lipinski definition) is 3. The van der Waals surface area contributed by atoms with E-state index in [0.29, 0.717) is 12.5 Å². The maximum Gasteiger partial charge on any atom is 0.233 e. The maximum absolute atomic E-state index is 14.1. The summed E-state index contributed by atoms with van der Waals surface area (Å²) >= 11 is 0. The minimum Gasteiger partial charge on any atom is -0.342 e. The molecule has 0 spiro atoms. The lowest BCUT2D eigenvalue weighted by molar-refractivity contribution is -0.140. The number of nitrogens with zero attached hydrogens (tertiary/aromatic N) is 3. The number of amides is 2.